The van der Waals surface area contributed by atoms with E-state index < -0.39 is 0 Å². The van der Waals surface area contributed by atoms with Crippen LogP contribution in [0.5, 0.6) is 0 Å². The Morgan fingerprint density at radius 2 is 2.00 bits per heavy atom. The second-order valence-electron chi connectivity index (χ2n) is 0.408. The van der Waals surface area contributed by atoms with Crippen molar-refractivity contribution in [2.45, 2.75) is 5.71 Å². The van der Waals surface area contributed by atoms with Crippen molar-refractivity contribution in [1.82, 2.24) is 0 Å². The summed E-state index contributed by atoms with van der Waals surface area (Å²) in [6.07, 6.45) is 0. The van der Waals surface area contributed by atoms with Gasteiger partial charge in [-0.2, -0.15) is 0 Å². The Bertz CT molecular complexity index is 8.00. The third kappa shape index (κ3) is 2.52. The van der Waals surface area contributed by atoms with Crippen LogP contribution in [0, 0.1) is 0 Å². The number of hydrogen-bond donors (Lipinski definition) is 0. The van der Waals surface area contributed by atoms with Gasteiger partial charge in [-0.05, 0) is 0 Å². The van der Waals surface area contributed by atoms with E-state index in [0.717, 1.165) is 0 Å². The summed E-state index contributed by atoms with van der Waals surface area (Å²) in [4.78, 5) is 0. The van der Waals surface area contributed by atoms with Crippen LogP contribution in [0.4, 0.5) is 0 Å². The predicted molar refractivity (Wildman–Crippen MR) is 20.0 cm³/mol. The third-order valence-electron chi connectivity index (χ3n) is 0.204. The van der Waals surface area contributed by atoms with Gasteiger partial charge in [-0.25, -0.2) is 0 Å². The van der Waals surface area contributed by atoms with Gasteiger partial charge in [-0.15, -0.1) is 0 Å². The van der Waals surface area contributed by atoms with Crippen LogP contribution in [-0.4, -0.2) is 23.2 Å². The number of rotatable bonds is 1. The Hall–Kier alpha value is 0.518. The zero-order valence-electron chi connectivity index (χ0n) is 2.91. The molecule has 4 heavy (non-hydrogen) atoms. The molecule has 26 valence electrons. The van der Waals surface area contributed by atoms with Crippen molar-refractivity contribution in [2.24, 2.45) is 0 Å². The van der Waals surface area contributed by atoms with Gasteiger partial charge in [0, 0.05) is 0 Å². The molecule has 1 atom stereocenters. The van der Waals surface area contributed by atoms with Crippen molar-refractivity contribution in [3.8, 4) is 0 Å². The Morgan fingerprint density at radius 3 is 2.00 bits per heavy atom. The summed E-state index contributed by atoms with van der Waals surface area (Å²) in [6, 6.07) is 0. The average Bonchev–Trinajstić information content (AvgIpc) is 1.37. The first-order chi connectivity index (χ1) is 1.91. The van der Waals surface area contributed by atoms with Crippen LogP contribution >= 0.6 is 0 Å². The van der Waals surface area contributed by atoms with Gasteiger partial charge in [0.25, 0.3) is 0 Å². The molecule has 0 amide bonds. The van der Waals surface area contributed by atoms with Gasteiger partial charge in [0.1, 0.15) is 0 Å². The molecule has 0 fully saturated rings. The van der Waals surface area contributed by atoms with Gasteiger partial charge in [0.2, 0.25) is 0 Å². The van der Waals surface area contributed by atoms with E-state index in [9.17, 15) is 0 Å². The molecule has 0 aliphatic rings. The van der Waals surface area contributed by atoms with Gasteiger partial charge in [0.05, 0.1) is 0 Å². The average molecular weight is 122 g/mol. The molecule has 0 N–H and O–H groups in total. The van der Waals surface area contributed by atoms with E-state index in [1.807, 2.05) is 0 Å². The molecule has 2 heteroatoms. The van der Waals surface area contributed by atoms with E-state index in [0.29, 0.717) is 0 Å². The summed E-state index contributed by atoms with van der Waals surface area (Å²) < 4.78 is 4.67. The second-order valence-corrected chi connectivity index (χ2v) is 2.12. The summed E-state index contributed by atoms with van der Waals surface area (Å²) in [5.74, 6) is 0. The summed E-state index contributed by atoms with van der Waals surface area (Å²) >= 11 is 0.0139. The first-order valence-electron chi connectivity index (χ1n) is 1.11. The molecule has 0 aliphatic heterocycles. The molecular formula is C2H7AsO. The Labute approximate surface area is 33.4 Å². The van der Waals surface area contributed by atoms with Crippen LogP contribution in [0.25, 0.3) is 0 Å². The molecule has 0 aliphatic carbocycles. The first kappa shape index (κ1) is 4.52. The molecule has 0 aromatic rings. The fraction of sp³-hybridized carbons (Fsp3) is 1.00. The molecule has 0 bridgehead atoms. The monoisotopic (exact) mass is 122 g/mol. The number of hydrogen-bond acceptors (Lipinski definition) is 1. The van der Waals surface area contributed by atoms with E-state index in [1.165, 1.54) is 0 Å². The van der Waals surface area contributed by atoms with E-state index in [2.05, 4.69) is 9.44 Å². The standard InChI is InChI=1S/C2H7AsO/c1-3-4-2/h3H,1-2H3. The molecule has 0 aromatic heterocycles. The van der Waals surface area contributed by atoms with Gasteiger partial charge in [-0.1, -0.05) is 0 Å². The predicted octanol–water partition coefficient (Wildman–Crippen LogP) is 0.0324. The molecule has 0 spiro atoms. The van der Waals surface area contributed by atoms with Crippen LogP contribution in [-0.2, 0) is 3.73 Å². The Balaban J connectivity index is 1.97. The van der Waals surface area contributed by atoms with E-state index in [-0.39, 0.29) is 16.1 Å². The summed E-state index contributed by atoms with van der Waals surface area (Å²) in [7, 11) is 1.74. The maximum atomic E-state index is 4.67. The van der Waals surface area contributed by atoms with Crippen LogP contribution in [0.1, 0.15) is 0 Å². The van der Waals surface area contributed by atoms with E-state index >= 15 is 0 Å². The molecule has 0 radical (unpaired) electrons. The Kier molecular flexibility index (Phi) is 3.97. The minimum atomic E-state index is 0.0139. The molecule has 0 heterocycles. The summed E-state index contributed by atoms with van der Waals surface area (Å²) in [6.45, 7) is 0. The van der Waals surface area contributed by atoms with Crippen molar-refractivity contribution in [1.29, 1.82) is 0 Å². The topological polar surface area (TPSA) is 9.23 Å². The van der Waals surface area contributed by atoms with Crippen LogP contribution in [0.2, 0.25) is 5.71 Å². The molecule has 0 saturated carbocycles. The van der Waals surface area contributed by atoms with Crippen LogP contribution in [0.15, 0.2) is 0 Å². The van der Waals surface area contributed by atoms with E-state index in [4.69, 9.17) is 0 Å². The van der Waals surface area contributed by atoms with E-state index in [1.54, 1.807) is 7.11 Å². The molecular weight excluding hydrogens is 115 g/mol. The molecule has 0 saturated heterocycles. The molecule has 1 unspecified atom stereocenters. The molecule has 0 rings (SSSR count). The Morgan fingerprint density at radius 1 is 1.75 bits per heavy atom. The third-order valence-corrected chi connectivity index (χ3v) is 1.06. The summed E-state index contributed by atoms with van der Waals surface area (Å²) in [5.41, 5.74) is 2.08. The fourth-order valence-corrected chi connectivity index (χ4v) is 0. The minimum absolute atomic E-state index is 0.0139. The SMILES string of the molecule is CO[AsH]C. The molecule has 0 aromatic carbocycles. The molecule has 1 nitrogen and oxygen atoms in total. The van der Waals surface area contributed by atoms with Crippen molar-refractivity contribution < 1.29 is 3.73 Å². The fourth-order valence-electron chi connectivity index (χ4n) is 0. The van der Waals surface area contributed by atoms with Crippen LogP contribution < -0.4 is 0 Å². The van der Waals surface area contributed by atoms with Gasteiger partial charge in [0.15, 0.2) is 0 Å². The second kappa shape index (κ2) is 3.52. The van der Waals surface area contributed by atoms with Crippen molar-refractivity contribution in [3.05, 3.63) is 0 Å². The van der Waals surface area contributed by atoms with Crippen molar-refractivity contribution in [3.63, 3.8) is 0 Å². The van der Waals surface area contributed by atoms with Crippen molar-refractivity contribution in [2.75, 3.05) is 7.11 Å². The zero-order chi connectivity index (χ0) is 3.41. The first-order valence-corrected chi connectivity index (χ1v) is 4.07. The van der Waals surface area contributed by atoms with Gasteiger partial charge < -0.3 is 0 Å². The zero-order valence-corrected chi connectivity index (χ0v) is 5.01. The maximum absolute atomic E-state index is 4.67. The quantitative estimate of drug-likeness (QED) is 0.446. The van der Waals surface area contributed by atoms with Crippen molar-refractivity contribution >= 4 is 16.1 Å². The summed E-state index contributed by atoms with van der Waals surface area (Å²) in [5, 5.41) is 0. The van der Waals surface area contributed by atoms with Gasteiger partial charge in [-0.3, -0.25) is 0 Å². The normalized spacial score (nSPS) is 10.5. The van der Waals surface area contributed by atoms with Crippen LogP contribution in [0.3, 0.4) is 0 Å². The van der Waals surface area contributed by atoms with Gasteiger partial charge >= 0.3 is 32.6 Å².